The first-order valence-electron chi connectivity index (χ1n) is 5.99. The summed E-state index contributed by atoms with van der Waals surface area (Å²) in [5, 5.41) is 0. The van der Waals surface area contributed by atoms with Crippen LogP contribution in [0.25, 0.3) is 0 Å². The molecule has 1 aliphatic rings. The van der Waals surface area contributed by atoms with E-state index in [-0.39, 0.29) is 5.92 Å². The quantitative estimate of drug-likeness (QED) is 0.728. The molecule has 2 heteroatoms. The average molecular weight is 281 g/mol. The number of hydrogen-bond acceptors (Lipinski definition) is 1. The topological polar surface area (TPSA) is 17.1 Å². The van der Waals surface area contributed by atoms with Gasteiger partial charge in [0.25, 0.3) is 0 Å². The van der Waals surface area contributed by atoms with E-state index in [4.69, 9.17) is 0 Å². The summed E-state index contributed by atoms with van der Waals surface area (Å²) in [5.74, 6) is 0.585. The lowest BCUT2D eigenvalue weighted by molar-refractivity contribution is 0.0888. The van der Waals surface area contributed by atoms with Crippen LogP contribution < -0.4 is 0 Å². The van der Waals surface area contributed by atoms with Crippen molar-refractivity contribution >= 4 is 21.7 Å². The molecule has 86 valence electrons. The molecule has 1 aromatic rings. The van der Waals surface area contributed by atoms with E-state index in [9.17, 15) is 4.79 Å². The SMILES string of the molecule is Cc1ccc(Br)c(C(=O)C2CCCCC2)c1. The fraction of sp³-hybridized carbons (Fsp3) is 0.500. The van der Waals surface area contributed by atoms with Crippen molar-refractivity contribution in [3.63, 3.8) is 0 Å². The van der Waals surface area contributed by atoms with Crippen LogP contribution in [0.4, 0.5) is 0 Å². The van der Waals surface area contributed by atoms with Crippen molar-refractivity contribution in [2.45, 2.75) is 39.0 Å². The third-order valence-corrected chi connectivity index (χ3v) is 4.05. The van der Waals surface area contributed by atoms with Crippen LogP contribution in [-0.4, -0.2) is 5.78 Å². The Morgan fingerprint density at radius 3 is 2.62 bits per heavy atom. The first-order chi connectivity index (χ1) is 7.68. The highest BCUT2D eigenvalue weighted by atomic mass is 79.9. The Kier molecular flexibility index (Phi) is 3.80. The number of ketones is 1. The van der Waals surface area contributed by atoms with Gasteiger partial charge >= 0.3 is 0 Å². The Morgan fingerprint density at radius 2 is 1.94 bits per heavy atom. The van der Waals surface area contributed by atoms with Crippen LogP contribution >= 0.6 is 15.9 Å². The summed E-state index contributed by atoms with van der Waals surface area (Å²) in [7, 11) is 0. The first-order valence-corrected chi connectivity index (χ1v) is 6.78. The number of Topliss-reactive ketones (excluding diaryl/α,β-unsaturated/α-hetero) is 1. The fourth-order valence-electron chi connectivity index (χ4n) is 2.41. The monoisotopic (exact) mass is 280 g/mol. The second kappa shape index (κ2) is 5.13. The molecule has 0 saturated heterocycles. The van der Waals surface area contributed by atoms with Gasteiger partial charge in [-0.15, -0.1) is 0 Å². The van der Waals surface area contributed by atoms with Gasteiger partial charge in [-0.05, 0) is 31.9 Å². The molecule has 2 rings (SSSR count). The standard InChI is InChI=1S/C14H17BrO/c1-10-7-8-13(15)12(9-10)14(16)11-5-3-2-4-6-11/h7-9,11H,2-6H2,1H3. The largest absolute Gasteiger partial charge is 0.294 e. The van der Waals surface area contributed by atoms with E-state index in [2.05, 4.69) is 15.9 Å². The Balaban J connectivity index is 2.22. The van der Waals surface area contributed by atoms with E-state index in [1.54, 1.807) is 0 Å². The van der Waals surface area contributed by atoms with Crippen molar-refractivity contribution in [2.24, 2.45) is 5.92 Å². The Hall–Kier alpha value is -0.630. The Morgan fingerprint density at radius 1 is 1.25 bits per heavy atom. The zero-order chi connectivity index (χ0) is 11.5. The summed E-state index contributed by atoms with van der Waals surface area (Å²) >= 11 is 3.48. The third-order valence-electron chi connectivity index (χ3n) is 3.36. The summed E-state index contributed by atoms with van der Waals surface area (Å²) in [6, 6.07) is 6.01. The van der Waals surface area contributed by atoms with Gasteiger partial charge in [0.15, 0.2) is 5.78 Å². The third kappa shape index (κ3) is 2.54. The van der Waals surface area contributed by atoms with Gasteiger partial charge in [-0.25, -0.2) is 0 Å². The molecule has 0 bridgehead atoms. The van der Waals surface area contributed by atoms with Crippen LogP contribution in [0.3, 0.4) is 0 Å². The lowest BCUT2D eigenvalue weighted by Gasteiger charge is -2.20. The van der Waals surface area contributed by atoms with Gasteiger partial charge in [0.05, 0.1) is 0 Å². The molecule has 0 aliphatic heterocycles. The molecule has 0 aromatic heterocycles. The van der Waals surface area contributed by atoms with Crippen LogP contribution in [-0.2, 0) is 0 Å². The molecule has 0 N–H and O–H groups in total. The summed E-state index contributed by atoms with van der Waals surface area (Å²) in [6.45, 7) is 2.03. The fourth-order valence-corrected chi connectivity index (χ4v) is 2.85. The van der Waals surface area contributed by atoms with Crippen molar-refractivity contribution in [1.82, 2.24) is 0 Å². The van der Waals surface area contributed by atoms with Crippen LogP contribution in [0.5, 0.6) is 0 Å². The summed E-state index contributed by atoms with van der Waals surface area (Å²) < 4.78 is 0.939. The van der Waals surface area contributed by atoms with E-state index < -0.39 is 0 Å². The number of rotatable bonds is 2. The summed E-state index contributed by atoms with van der Waals surface area (Å²) in [5.41, 5.74) is 2.02. The van der Waals surface area contributed by atoms with Gasteiger partial charge in [0, 0.05) is 16.0 Å². The number of benzene rings is 1. The van der Waals surface area contributed by atoms with Crippen molar-refractivity contribution in [3.8, 4) is 0 Å². The van der Waals surface area contributed by atoms with Crippen LogP contribution in [0.1, 0.15) is 48.0 Å². The molecule has 0 heterocycles. The predicted molar refractivity (Wildman–Crippen MR) is 69.8 cm³/mol. The second-order valence-corrected chi connectivity index (χ2v) is 5.54. The predicted octanol–water partition coefficient (Wildman–Crippen LogP) is 4.52. The van der Waals surface area contributed by atoms with E-state index in [0.29, 0.717) is 5.78 Å². The number of carbonyl (C=O) groups excluding carboxylic acids is 1. The lowest BCUT2D eigenvalue weighted by atomic mass is 9.83. The molecule has 1 nitrogen and oxygen atoms in total. The second-order valence-electron chi connectivity index (χ2n) is 4.68. The van der Waals surface area contributed by atoms with Gasteiger partial charge in [-0.1, -0.05) is 46.8 Å². The highest BCUT2D eigenvalue weighted by molar-refractivity contribution is 9.10. The number of aryl methyl sites for hydroxylation is 1. The molecular weight excluding hydrogens is 264 g/mol. The smallest absolute Gasteiger partial charge is 0.167 e. The summed E-state index contributed by atoms with van der Waals surface area (Å²) in [6.07, 6.45) is 5.84. The number of carbonyl (C=O) groups is 1. The molecule has 0 amide bonds. The van der Waals surface area contributed by atoms with Crippen molar-refractivity contribution in [1.29, 1.82) is 0 Å². The molecule has 1 fully saturated rings. The molecule has 0 spiro atoms. The minimum Gasteiger partial charge on any atom is -0.294 e. The van der Waals surface area contributed by atoms with E-state index in [0.717, 1.165) is 28.4 Å². The van der Waals surface area contributed by atoms with Gasteiger partial charge in [0.1, 0.15) is 0 Å². The van der Waals surface area contributed by atoms with Crippen molar-refractivity contribution in [3.05, 3.63) is 33.8 Å². The van der Waals surface area contributed by atoms with Gasteiger partial charge in [-0.2, -0.15) is 0 Å². The highest BCUT2D eigenvalue weighted by Gasteiger charge is 2.23. The van der Waals surface area contributed by atoms with Crippen LogP contribution in [0, 0.1) is 12.8 Å². The van der Waals surface area contributed by atoms with Gasteiger partial charge in [-0.3, -0.25) is 4.79 Å². The van der Waals surface area contributed by atoms with E-state index in [1.165, 1.54) is 19.3 Å². The minimum atomic E-state index is 0.256. The average Bonchev–Trinajstić information content (AvgIpc) is 2.32. The minimum absolute atomic E-state index is 0.256. The zero-order valence-corrected chi connectivity index (χ0v) is 11.2. The van der Waals surface area contributed by atoms with Crippen LogP contribution in [0.15, 0.2) is 22.7 Å². The van der Waals surface area contributed by atoms with E-state index >= 15 is 0 Å². The highest BCUT2D eigenvalue weighted by Crippen LogP contribution is 2.29. The zero-order valence-electron chi connectivity index (χ0n) is 9.63. The Labute approximate surface area is 105 Å². The van der Waals surface area contributed by atoms with Crippen LogP contribution in [0.2, 0.25) is 0 Å². The lowest BCUT2D eigenvalue weighted by Crippen LogP contribution is -2.18. The molecular formula is C14H17BrO. The molecule has 1 aromatic carbocycles. The van der Waals surface area contributed by atoms with Gasteiger partial charge in [0.2, 0.25) is 0 Å². The van der Waals surface area contributed by atoms with Gasteiger partial charge < -0.3 is 0 Å². The maximum atomic E-state index is 12.3. The molecule has 1 aliphatic carbocycles. The molecule has 0 atom stereocenters. The molecule has 0 radical (unpaired) electrons. The van der Waals surface area contributed by atoms with Crippen molar-refractivity contribution < 1.29 is 4.79 Å². The van der Waals surface area contributed by atoms with Crippen molar-refractivity contribution in [2.75, 3.05) is 0 Å². The first kappa shape index (κ1) is 11.8. The summed E-state index contributed by atoms with van der Waals surface area (Å²) in [4.78, 5) is 12.3. The van der Waals surface area contributed by atoms with E-state index in [1.807, 2.05) is 25.1 Å². The Bertz CT molecular complexity index is 392. The maximum absolute atomic E-state index is 12.3. The molecule has 0 unspecified atom stereocenters. The number of halogens is 1. The number of hydrogen-bond donors (Lipinski definition) is 0. The molecule has 16 heavy (non-hydrogen) atoms. The normalized spacial score (nSPS) is 17.4. The molecule has 1 saturated carbocycles. The maximum Gasteiger partial charge on any atom is 0.167 e.